The molecule has 2 aliphatic heterocycles. The summed E-state index contributed by atoms with van der Waals surface area (Å²) >= 11 is 0. The molecule has 19 heavy (non-hydrogen) atoms. The van der Waals surface area contributed by atoms with Gasteiger partial charge in [0.1, 0.15) is 5.78 Å². The van der Waals surface area contributed by atoms with Crippen LogP contribution in [-0.4, -0.2) is 41.0 Å². The predicted molar refractivity (Wildman–Crippen MR) is 74.9 cm³/mol. The highest BCUT2D eigenvalue weighted by molar-refractivity contribution is 5.80. The molecule has 1 aliphatic carbocycles. The average molecular weight is 265 g/mol. The van der Waals surface area contributed by atoms with E-state index in [4.69, 9.17) is 0 Å². The zero-order valence-corrected chi connectivity index (χ0v) is 12.1. The molecule has 108 valence electrons. The molecule has 3 fully saturated rings. The van der Waals surface area contributed by atoms with Crippen LogP contribution < -0.4 is 0 Å². The molecule has 2 heterocycles. The van der Waals surface area contributed by atoms with E-state index in [1.165, 1.54) is 38.8 Å². The van der Waals surface area contributed by atoms with E-state index in [1.54, 1.807) is 0 Å². The van der Waals surface area contributed by atoms with Gasteiger partial charge >= 0.3 is 0 Å². The summed E-state index contributed by atoms with van der Waals surface area (Å²) in [5.41, 5.74) is 0.243. The highest BCUT2D eigenvalue weighted by atomic mass is 16.3. The second-order valence-electron chi connectivity index (χ2n) is 7.10. The van der Waals surface area contributed by atoms with E-state index in [0.29, 0.717) is 23.5 Å². The van der Waals surface area contributed by atoms with Crippen LogP contribution in [0.15, 0.2) is 0 Å². The standard InChI is InChI=1S/C16H27NO2/c1-12(11-18)10-16-13-4-2-6-17(16)7-3-5-14(16)9-15(19)8-13/h12-14,18H,2-11H2,1H3/t12-,13-,14-/m1/s1. The Balaban J connectivity index is 1.94. The van der Waals surface area contributed by atoms with Crippen LogP contribution >= 0.6 is 0 Å². The Morgan fingerprint density at radius 1 is 1.26 bits per heavy atom. The average Bonchev–Trinajstić information content (AvgIpc) is 2.39. The number of rotatable bonds is 3. The lowest BCUT2D eigenvalue weighted by Crippen LogP contribution is -2.66. The topological polar surface area (TPSA) is 40.5 Å². The van der Waals surface area contributed by atoms with Crippen LogP contribution in [0.5, 0.6) is 0 Å². The predicted octanol–water partition coefficient (Wildman–Crippen LogP) is 2.23. The van der Waals surface area contributed by atoms with Crippen molar-refractivity contribution in [1.82, 2.24) is 4.90 Å². The van der Waals surface area contributed by atoms with Gasteiger partial charge in [-0.05, 0) is 62.9 Å². The maximum Gasteiger partial charge on any atom is 0.133 e. The fourth-order valence-electron chi connectivity index (χ4n) is 5.21. The second-order valence-corrected chi connectivity index (χ2v) is 7.10. The Bertz CT molecular complexity index is 333. The Labute approximate surface area is 116 Å². The monoisotopic (exact) mass is 265 g/mol. The van der Waals surface area contributed by atoms with Crippen LogP contribution in [0.3, 0.4) is 0 Å². The Morgan fingerprint density at radius 3 is 2.37 bits per heavy atom. The van der Waals surface area contributed by atoms with Gasteiger partial charge in [-0.2, -0.15) is 0 Å². The highest BCUT2D eigenvalue weighted by Gasteiger charge is 2.55. The summed E-state index contributed by atoms with van der Waals surface area (Å²) in [6.45, 7) is 4.86. The van der Waals surface area contributed by atoms with E-state index >= 15 is 0 Å². The number of carbonyl (C=O) groups is 1. The second kappa shape index (κ2) is 5.17. The summed E-state index contributed by atoms with van der Waals surface area (Å²) in [7, 11) is 0. The first-order chi connectivity index (χ1) is 9.16. The fourth-order valence-corrected chi connectivity index (χ4v) is 5.21. The van der Waals surface area contributed by atoms with Crippen LogP contribution in [0.25, 0.3) is 0 Å². The van der Waals surface area contributed by atoms with Gasteiger partial charge in [-0.3, -0.25) is 9.69 Å². The smallest absolute Gasteiger partial charge is 0.133 e. The van der Waals surface area contributed by atoms with Crippen molar-refractivity contribution in [3.05, 3.63) is 0 Å². The van der Waals surface area contributed by atoms with Crippen molar-refractivity contribution >= 4 is 5.78 Å². The number of carbonyl (C=O) groups excluding carboxylic acids is 1. The largest absolute Gasteiger partial charge is 0.396 e. The summed E-state index contributed by atoms with van der Waals surface area (Å²) in [5.74, 6) is 1.96. The first-order valence-corrected chi connectivity index (χ1v) is 8.04. The lowest BCUT2D eigenvalue weighted by atomic mass is 9.56. The van der Waals surface area contributed by atoms with Gasteiger partial charge in [0.2, 0.25) is 0 Å². The third-order valence-corrected chi connectivity index (χ3v) is 5.90. The van der Waals surface area contributed by atoms with Gasteiger partial charge in [0.15, 0.2) is 0 Å². The van der Waals surface area contributed by atoms with E-state index < -0.39 is 0 Å². The molecule has 2 saturated heterocycles. The molecule has 0 unspecified atom stereocenters. The maximum atomic E-state index is 12.0. The van der Waals surface area contributed by atoms with Crippen molar-refractivity contribution in [2.24, 2.45) is 17.8 Å². The number of Topliss-reactive ketones (excluding diaryl/α,β-unsaturated/α-hetero) is 1. The number of nitrogens with zero attached hydrogens (tertiary/aromatic N) is 1. The molecule has 0 radical (unpaired) electrons. The molecule has 3 atom stereocenters. The summed E-state index contributed by atoms with van der Waals surface area (Å²) < 4.78 is 0. The number of ketones is 1. The van der Waals surface area contributed by atoms with Gasteiger partial charge < -0.3 is 5.11 Å². The lowest BCUT2D eigenvalue weighted by molar-refractivity contribution is -0.146. The highest BCUT2D eigenvalue weighted by Crippen LogP contribution is 2.53. The molecule has 1 saturated carbocycles. The number of aliphatic hydroxyl groups excluding tert-OH is 1. The van der Waals surface area contributed by atoms with Gasteiger partial charge in [-0.15, -0.1) is 0 Å². The van der Waals surface area contributed by atoms with Crippen LogP contribution in [0.2, 0.25) is 0 Å². The van der Waals surface area contributed by atoms with Crippen molar-refractivity contribution < 1.29 is 9.90 Å². The Hall–Kier alpha value is -0.410. The lowest BCUT2D eigenvalue weighted by Gasteiger charge is -2.61. The van der Waals surface area contributed by atoms with E-state index in [0.717, 1.165) is 19.3 Å². The summed E-state index contributed by atoms with van der Waals surface area (Å²) in [5, 5.41) is 9.48. The molecule has 0 aromatic heterocycles. The minimum absolute atomic E-state index is 0.243. The van der Waals surface area contributed by atoms with Crippen LogP contribution in [0, 0.1) is 17.8 Å². The fraction of sp³-hybridized carbons (Fsp3) is 0.938. The number of aliphatic hydroxyl groups is 1. The minimum atomic E-state index is 0.243. The molecular formula is C16H27NO2. The summed E-state index contributed by atoms with van der Waals surface area (Å²) in [6, 6.07) is 0. The first-order valence-electron chi connectivity index (χ1n) is 8.04. The Morgan fingerprint density at radius 2 is 1.84 bits per heavy atom. The van der Waals surface area contributed by atoms with Crippen molar-refractivity contribution in [3.8, 4) is 0 Å². The molecular weight excluding hydrogens is 238 g/mol. The van der Waals surface area contributed by atoms with Crippen LogP contribution in [0.1, 0.15) is 51.9 Å². The third kappa shape index (κ3) is 2.15. The van der Waals surface area contributed by atoms with Crippen molar-refractivity contribution in [3.63, 3.8) is 0 Å². The maximum absolute atomic E-state index is 12.0. The zero-order valence-electron chi connectivity index (χ0n) is 12.1. The number of hydrogen-bond acceptors (Lipinski definition) is 3. The van der Waals surface area contributed by atoms with Gasteiger partial charge in [0, 0.05) is 25.0 Å². The number of piperidine rings is 2. The van der Waals surface area contributed by atoms with Gasteiger partial charge in [0.05, 0.1) is 0 Å². The minimum Gasteiger partial charge on any atom is -0.396 e. The molecule has 3 nitrogen and oxygen atoms in total. The van der Waals surface area contributed by atoms with Gasteiger partial charge in [-0.25, -0.2) is 0 Å². The number of hydrogen-bond donors (Lipinski definition) is 1. The van der Waals surface area contributed by atoms with Crippen LogP contribution in [-0.2, 0) is 4.79 Å². The quantitative estimate of drug-likeness (QED) is 0.850. The summed E-state index contributed by atoms with van der Waals surface area (Å²) in [4.78, 5) is 14.7. The Kier molecular flexibility index (Phi) is 3.69. The SMILES string of the molecule is C[C@@H](CO)CC12[C@@H]3CCCN1CCC[C@@H]2CC(=O)C3. The molecule has 0 spiro atoms. The molecule has 0 bridgehead atoms. The van der Waals surface area contributed by atoms with E-state index in [2.05, 4.69) is 11.8 Å². The van der Waals surface area contributed by atoms with Crippen molar-refractivity contribution in [2.75, 3.05) is 19.7 Å². The van der Waals surface area contributed by atoms with Crippen molar-refractivity contribution in [1.29, 1.82) is 0 Å². The van der Waals surface area contributed by atoms with Gasteiger partial charge in [-0.1, -0.05) is 6.92 Å². The molecule has 0 aromatic rings. The summed E-state index contributed by atoms with van der Waals surface area (Å²) in [6.07, 6.45) is 7.62. The molecule has 1 N–H and O–H groups in total. The molecule has 3 rings (SSSR count). The molecule has 3 heteroatoms. The third-order valence-electron chi connectivity index (χ3n) is 5.90. The van der Waals surface area contributed by atoms with Gasteiger partial charge in [0.25, 0.3) is 0 Å². The molecule has 0 aromatic carbocycles. The van der Waals surface area contributed by atoms with E-state index in [9.17, 15) is 9.90 Å². The normalized spacial score (nSPS) is 40.8. The van der Waals surface area contributed by atoms with E-state index in [-0.39, 0.29) is 12.1 Å². The van der Waals surface area contributed by atoms with Crippen molar-refractivity contribution in [2.45, 2.75) is 57.4 Å². The molecule has 3 aliphatic rings. The van der Waals surface area contributed by atoms with E-state index in [1.807, 2.05) is 0 Å². The van der Waals surface area contributed by atoms with Crippen LogP contribution in [0.4, 0.5) is 0 Å². The first kappa shape index (κ1) is 13.6. The zero-order chi connectivity index (χ0) is 13.5. The molecule has 0 amide bonds.